The van der Waals surface area contributed by atoms with Crippen molar-refractivity contribution in [3.05, 3.63) is 54.6 Å². The third-order valence-electron chi connectivity index (χ3n) is 4.83. The molecule has 1 heterocycles. The standard InChI is InChI=1S/C22H27N3O3/c1-17-22(27)25(19-11-6-7-12-20(19)28-17)16-13-21(26)23-14-8-15-24(2)18-9-4-3-5-10-18/h3-7,9-12,17H,8,13-16H2,1-2H3,(H,23,26)/t17-/m1/s1. The molecule has 2 amide bonds. The minimum absolute atomic E-state index is 0.0493. The fraction of sp³-hybridized carbons (Fsp3) is 0.364. The van der Waals surface area contributed by atoms with E-state index in [1.807, 2.05) is 49.5 Å². The van der Waals surface area contributed by atoms with Crippen LogP contribution < -0.4 is 19.9 Å². The summed E-state index contributed by atoms with van der Waals surface area (Å²) in [5.74, 6) is 0.515. The largest absolute Gasteiger partial charge is 0.479 e. The summed E-state index contributed by atoms with van der Waals surface area (Å²) in [5.41, 5.74) is 1.88. The lowest BCUT2D eigenvalue weighted by molar-refractivity contribution is -0.125. The second-order valence-corrected chi connectivity index (χ2v) is 6.93. The van der Waals surface area contributed by atoms with E-state index < -0.39 is 6.10 Å². The van der Waals surface area contributed by atoms with Crippen LogP contribution in [-0.2, 0) is 9.59 Å². The molecule has 6 heteroatoms. The SMILES string of the molecule is C[C@H]1Oc2ccccc2N(CCC(=O)NCCCN(C)c2ccccc2)C1=O. The Labute approximate surface area is 166 Å². The third kappa shape index (κ3) is 4.82. The first-order valence-corrected chi connectivity index (χ1v) is 9.66. The van der Waals surface area contributed by atoms with Crippen molar-refractivity contribution in [2.24, 2.45) is 0 Å². The van der Waals surface area contributed by atoms with Crippen molar-refractivity contribution in [3.63, 3.8) is 0 Å². The summed E-state index contributed by atoms with van der Waals surface area (Å²) in [6.45, 7) is 3.55. The lowest BCUT2D eigenvalue weighted by atomic mass is 10.1. The summed E-state index contributed by atoms with van der Waals surface area (Å²) in [6.07, 6.45) is 0.584. The molecule has 0 spiro atoms. The first kappa shape index (κ1) is 19.7. The van der Waals surface area contributed by atoms with E-state index in [9.17, 15) is 9.59 Å². The molecule has 0 radical (unpaired) electrons. The molecule has 6 nitrogen and oxygen atoms in total. The Balaban J connectivity index is 1.43. The number of benzene rings is 2. The van der Waals surface area contributed by atoms with Gasteiger partial charge in [0.2, 0.25) is 5.91 Å². The maximum absolute atomic E-state index is 12.4. The number of nitrogens with zero attached hydrogens (tertiary/aromatic N) is 2. The van der Waals surface area contributed by atoms with Gasteiger partial charge in [-0.15, -0.1) is 0 Å². The molecule has 2 aromatic rings. The molecule has 1 N–H and O–H groups in total. The van der Waals surface area contributed by atoms with Crippen molar-refractivity contribution in [1.82, 2.24) is 5.32 Å². The molecule has 0 aromatic heterocycles. The van der Waals surface area contributed by atoms with E-state index in [4.69, 9.17) is 4.74 Å². The molecule has 1 aliphatic rings. The molecule has 0 bridgehead atoms. The van der Waals surface area contributed by atoms with Crippen LogP contribution in [0.3, 0.4) is 0 Å². The number of rotatable bonds is 8. The van der Waals surface area contributed by atoms with Gasteiger partial charge in [-0.2, -0.15) is 0 Å². The Morgan fingerprint density at radius 2 is 1.86 bits per heavy atom. The second kappa shape index (κ2) is 9.26. The monoisotopic (exact) mass is 381 g/mol. The van der Waals surface area contributed by atoms with Crippen LogP contribution in [0.1, 0.15) is 19.8 Å². The highest BCUT2D eigenvalue weighted by Crippen LogP contribution is 2.33. The number of carbonyl (C=O) groups excluding carboxylic acids is 2. The zero-order valence-corrected chi connectivity index (χ0v) is 16.4. The molecule has 148 valence electrons. The highest BCUT2D eigenvalue weighted by Gasteiger charge is 2.31. The molecular weight excluding hydrogens is 354 g/mol. The molecule has 0 saturated heterocycles. The topological polar surface area (TPSA) is 61.9 Å². The number of anilines is 2. The van der Waals surface area contributed by atoms with Gasteiger partial charge >= 0.3 is 0 Å². The maximum Gasteiger partial charge on any atom is 0.267 e. The number of hydrogen-bond acceptors (Lipinski definition) is 4. The molecule has 0 saturated carbocycles. The average molecular weight is 381 g/mol. The maximum atomic E-state index is 12.4. The number of carbonyl (C=O) groups is 2. The van der Waals surface area contributed by atoms with Crippen LogP contribution in [0.25, 0.3) is 0 Å². The van der Waals surface area contributed by atoms with Gasteiger partial charge in [0.05, 0.1) is 5.69 Å². The Morgan fingerprint density at radius 1 is 1.14 bits per heavy atom. The first-order chi connectivity index (χ1) is 13.6. The van der Waals surface area contributed by atoms with Gasteiger partial charge in [-0.1, -0.05) is 30.3 Å². The predicted molar refractivity (Wildman–Crippen MR) is 111 cm³/mol. The van der Waals surface area contributed by atoms with Crippen molar-refractivity contribution >= 4 is 23.2 Å². The van der Waals surface area contributed by atoms with E-state index in [1.165, 1.54) is 0 Å². The van der Waals surface area contributed by atoms with E-state index in [0.29, 0.717) is 18.8 Å². The summed E-state index contributed by atoms with van der Waals surface area (Å²) >= 11 is 0. The summed E-state index contributed by atoms with van der Waals surface area (Å²) in [4.78, 5) is 28.4. The summed E-state index contributed by atoms with van der Waals surface area (Å²) in [5, 5.41) is 2.94. The highest BCUT2D eigenvalue weighted by atomic mass is 16.5. The van der Waals surface area contributed by atoms with Gasteiger partial charge in [0.1, 0.15) is 5.75 Å². The number of amides is 2. The summed E-state index contributed by atoms with van der Waals surface area (Å²) < 4.78 is 5.62. The Hall–Kier alpha value is -3.02. The van der Waals surface area contributed by atoms with Gasteiger partial charge in [-0.25, -0.2) is 0 Å². The normalized spacial score (nSPS) is 15.6. The molecular formula is C22H27N3O3. The Kier molecular flexibility index (Phi) is 6.53. The minimum Gasteiger partial charge on any atom is -0.479 e. The Morgan fingerprint density at radius 3 is 2.64 bits per heavy atom. The molecule has 28 heavy (non-hydrogen) atoms. The number of ether oxygens (including phenoxy) is 1. The van der Waals surface area contributed by atoms with Crippen molar-refractivity contribution < 1.29 is 14.3 Å². The minimum atomic E-state index is -0.536. The number of hydrogen-bond donors (Lipinski definition) is 1. The molecule has 1 aliphatic heterocycles. The van der Waals surface area contributed by atoms with Crippen LogP contribution in [0, 0.1) is 0 Å². The third-order valence-corrected chi connectivity index (χ3v) is 4.83. The zero-order valence-electron chi connectivity index (χ0n) is 16.4. The van der Waals surface area contributed by atoms with Gasteiger partial charge in [0, 0.05) is 38.8 Å². The van der Waals surface area contributed by atoms with Gasteiger partial charge in [0.15, 0.2) is 6.10 Å². The van der Waals surface area contributed by atoms with E-state index >= 15 is 0 Å². The summed E-state index contributed by atoms with van der Waals surface area (Å²) in [6, 6.07) is 17.6. The quantitative estimate of drug-likeness (QED) is 0.715. The molecule has 3 rings (SSSR count). The van der Waals surface area contributed by atoms with Gasteiger partial charge < -0.3 is 19.9 Å². The molecule has 0 aliphatic carbocycles. The van der Waals surface area contributed by atoms with Crippen molar-refractivity contribution in [1.29, 1.82) is 0 Å². The van der Waals surface area contributed by atoms with Crippen LogP contribution in [0.5, 0.6) is 5.75 Å². The highest BCUT2D eigenvalue weighted by molar-refractivity contribution is 6.00. The average Bonchev–Trinajstić information content (AvgIpc) is 2.72. The molecule has 1 atom stereocenters. The van der Waals surface area contributed by atoms with Gasteiger partial charge in [-0.05, 0) is 37.6 Å². The van der Waals surface area contributed by atoms with E-state index in [0.717, 1.165) is 24.3 Å². The van der Waals surface area contributed by atoms with E-state index in [-0.39, 0.29) is 18.2 Å². The molecule has 0 fully saturated rings. The van der Waals surface area contributed by atoms with Crippen LogP contribution in [0.15, 0.2) is 54.6 Å². The van der Waals surface area contributed by atoms with Crippen LogP contribution in [0.2, 0.25) is 0 Å². The lowest BCUT2D eigenvalue weighted by Crippen LogP contribution is -2.45. The predicted octanol–water partition coefficient (Wildman–Crippen LogP) is 2.83. The zero-order chi connectivity index (χ0) is 19.9. The van der Waals surface area contributed by atoms with Gasteiger partial charge in [0.25, 0.3) is 5.91 Å². The van der Waals surface area contributed by atoms with Crippen LogP contribution in [-0.4, -0.2) is 44.6 Å². The lowest BCUT2D eigenvalue weighted by Gasteiger charge is -2.32. The van der Waals surface area contributed by atoms with Crippen molar-refractivity contribution in [2.45, 2.75) is 25.9 Å². The fourth-order valence-corrected chi connectivity index (χ4v) is 3.25. The van der Waals surface area contributed by atoms with Crippen LogP contribution in [0.4, 0.5) is 11.4 Å². The van der Waals surface area contributed by atoms with Crippen molar-refractivity contribution in [3.8, 4) is 5.75 Å². The van der Waals surface area contributed by atoms with E-state index in [2.05, 4.69) is 22.3 Å². The molecule has 2 aromatic carbocycles. The van der Waals surface area contributed by atoms with Gasteiger partial charge in [-0.3, -0.25) is 9.59 Å². The number of para-hydroxylation sites is 3. The molecule has 0 unspecified atom stereocenters. The first-order valence-electron chi connectivity index (χ1n) is 9.66. The van der Waals surface area contributed by atoms with Crippen molar-refractivity contribution in [2.75, 3.05) is 36.5 Å². The Bertz CT molecular complexity index is 810. The smallest absolute Gasteiger partial charge is 0.267 e. The summed E-state index contributed by atoms with van der Waals surface area (Å²) in [7, 11) is 2.04. The van der Waals surface area contributed by atoms with E-state index in [1.54, 1.807) is 11.8 Å². The number of fused-ring (bicyclic) bond motifs is 1. The number of nitrogens with one attached hydrogen (secondary N) is 1. The fourth-order valence-electron chi connectivity index (χ4n) is 3.25. The van der Waals surface area contributed by atoms with Crippen LogP contribution >= 0.6 is 0 Å². The second-order valence-electron chi connectivity index (χ2n) is 6.93.